The molecule has 0 saturated heterocycles. The topological polar surface area (TPSA) is 47.9 Å². The SMILES string of the molecule is C=COCOCC(CO)OC. The molecule has 0 fully saturated rings. The van der Waals surface area contributed by atoms with E-state index in [9.17, 15) is 0 Å². The quantitative estimate of drug-likeness (QED) is 0.328. The Morgan fingerprint density at radius 1 is 1.64 bits per heavy atom. The van der Waals surface area contributed by atoms with Gasteiger partial charge in [-0.3, -0.25) is 0 Å². The Morgan fingerprint density at radius 3 is 2.82 bits per heavy atom. The van der Waals surface area contributed by atoms with E-state index in [2.05, 4.69) is 11.3 Å². The van der Waals surface area contributed by atoms with Crippen molar-refractivity contribution in [3.63, 3.8) is 0 Å². The minimum Gasteiger partial charge on any atom is -0.476 e. The first-order valence-electron chi connectivity index (χ1n) is 3.29. The van der Waals surface area contributed by atoms with Gasteiger partial charge in [0.15, 0.2) is 6.79 Å². The van der Waals surface area contributed by atoms with Crippen molar-refractivity contribution in [3.05, 3.63) is 12.8 Å². The van der Waals surface area contributed by atoms with E-state index >= 15 is 0 Å². The summed E-state index contributed by atoms with van der Waals surface area (Å²) in [5.74, 6) is 0. The predicted octanol–water partition coefficient (Wildman–Crippen LogP) is 0.128. The number of ether oxygens (including phenoxy) is 3. The maximum atomic E-state index is 8.62. The molecule has 0 aliphatic carbocycles. The molecule has 0 aromatic rings. The van der Waals surface area contributed by atoms with Crippen LogP contribution in [0.5, 0.6) is 0 Å². The lowest BCUT2D eigenvalue weighted by atomic mass is 10.4. The largest absolute Gasteiger partial charge is 0.476 e. The van der Waals surface area contributed by atoms with Crippen LogP contribution < -0.4 is 0 Å². The van der Waals surface area contributed by atoms with Crippen LogP contribution in [0, 0.1) is 0 Å². The van der Waals surface area contributed by atoms with E-state index in [0.717, 1.165) is 0 Å². The fourth-order valence-corrected chi connectivity index (χ4v) is 0.471. The Morgan fingerprint density at radius 2 is 2.36 bits per heavy atom. The standard InChI is InChI=1S/C7H14O4/c1-3-10-6-11-5-7(4-8)9-2/h3,7-8H,1,4-6H2,2H3. The van der Waals surface area contributed by atoms with Gasteiger partial charge in [0.05, 0.1) is 19.5 Å². The smallest absolute Gasteiger partial charge is 0.188 e. The highest BCUT2D eigenvalue weighted by Gasteiger charge is 2.03. The number of rotatable bonds is 7. The summed E-state index contributed by atoms with van der Waals surface area (Å²) in [4.78, 5) is 0. The first-order chi connectivity index (χ1) is 5.35. The lowest BCUT2D eigenvalue weighted by Crippen LogP contribution is -2.22. The van der Waals surface area contributed by atoms with Crippen LogP contribution in [0.4, 0.5) is 0 Å². The molecule has 0 aliphatic rings. The van der Waals surface area contributed by atoms with E-state index in [4.69, 9.17) is 14.6 Å². The molecule has 0 rings (SSSR count). The van der Waals surface area contributed by atoms with Crippen molar-refractivity contribution in [2.75, 3.05) is 27.1 Å². The third kappa shape index (κ3) is 5.84. The number of aliphatic hydroxyl groups excluding tert-OH is 1. The third-order valence-electron chi connectivity index (χ3n) is 1.11. The van der Waals surface area contributed by atoms with Gasteiger partial charge in [-0.1, -0.05) is 6.58 Å². The zero-order valence-electron chi connectivity index (χ0n) is 6.66. The monoisotopic (exact) mass is 162 g/mol. The molecule has 0 aromatic carbocycles. The Balaban J connectivity index is 3.13. The number of aliphatic hydroxyl groups is 1. The van der Waals surface area contributed by atoms with Gasteiger partial charge in [-0.25, -0.2) is 0 Å². The highest BCUT2D eigenvalue weighted by Crippen LogP contribution is 1.89. The summed E-state index contributed by atoms with van der Waals surface area (Å²) in [5, 5.41) is 8.62. The molecule has 4 nitrogen and oxygen atoms in total. The van der Waals surface area contributed by atoms with Crippen molar-refractivity contribution in [2.24, 2.45) is 0 Å². The van der Waals surface area contributed by atoms with Gasteiger partial charge >= 0.3 is 0 Å². The van der Waals surface area contributed by atoms with Crippen molar-refractivity contribution in [2.45, 2.75) is 6.10 Å². The van der Waals surface area contributed by atoms with E-state index in [1.54, 1.807) is 0 Å². The second kappa shape index (κ2) is 7.53. The zero-order valence-corrected chi connectivity index (χ0v) is 6.66. The van der Waals surface area contributed by atoms with Gasteiger partial charge < -0.3 is 19.3 Å². The van der Waals surface area contributed by atoms with Crippen LogP contribution in [-0.4, -0.2) is 38.3 Å². The molecule has 1 unspecified atom stereocenters. The minimum absolute atomic E-state index is 0.0510. The second-order valence-electron chi connectivity index (χ2n) is 1.86. The summed E-state index contributed by atoms with van der Waals surface area (Å²) in [6.07, 6.45) is 1.02. The average molecular weight is 162 g/mol. The Labute approximate surface area is 66.4 Å². The first kappa shape index (κ1) is 10.4. The van der Waals surface area contributed by atoms with E-state index < -0.39 is 0 Å². The molecular formula is C7H14O4. The van der Waals surface area contributed by atoms with Crippen molar-refractivity contribution < 1.29 is 19.3 Å². The molecule has 0 heterocycles. The van der Waals surface area contributed by atoms with Gasteiger partial charge in [-0.15, -0.1) is 0 Å². The lowest BCUT2D eigenvalue weighted by molar-refractivity contribution is -0.0705. The minimum atomic E-state index is -0.275. The van der Waals surface area contributed by atoms with Gasteiger partial charge in [-0.05, 0) is 0 Å². The molecule has 0 bridgehead atoms. The van der Waals surface area contributed by atoms with Gasteiger partial charge in [0.2, 0.25) is 0 Å². The molecule has 0 radical (unpaired) electrons. The van der Waals surface area contributed by atoms with Crippen LogP contribution in [0.1, 0.15) is 0 Å². The fraction of sp³-hybridized carbons (Fsp3) is 0.714. The van der Waals surface area contributed by atoms with Gasteiger partial charge in [-0.2, -0.15) is 0 Å². The summed E-state index contributed by atoms with van der Waals surface area (Å²) >= 11 is 0. The maximum Gasteiger partial charge on any atom is 0.188 e. The third-order valence-corrected chi connectivity index (χ3v) is 1.11. The van der Waals surface area contributed by atoms with Crippen LogP contribution in [-0.2, 0) is 14.2 Å². The molecule has 1 N–H and O–H groups in total. The number of methoxy groups -OCH3 is 1. The molecule has 0 aliphatic heterocycles. The van der Waals surface area contributed by atoms with Gasteiger partial charge in [0, 0.05) is 7.11 Å². The maximum absolute atomic E-state index is 8.62. The van der Waals surface area contributed by atoms with Gasteiger partial charge in [0.25, 0.3) is 0 Å². The van der Waals surface area contributed by atoms with E-state index in [-0.39, 0.29) is 19.5 Å². The number of hydrogen-bond donors (Lipinski definition) is 1. The van der Waals surface area contributed by atoms with Crippen molar-refractivity contribution in [3.8, 4) is 0 Å². The predicted molar refractivity (Wildman–Crippen MR) is 40.0 cm³/mol. The molecule has 0 amide bonds. The summed E-state index contributed by atoms with van der Waals surface area (Å²) in [6, 6.07) is 0. The molecule has 0 saturated carbocycles. The molecule has 11 heavy (non-hydrogen) atoms. The van der Waals surface area contributed by atoms with Gasteiger partial charge in [0.1, 0.15) is 6.10 Å². The first-order valence-corrected chi connectivity index (χ1v) is 3.29. The summed E-state index contributed by atoms with van der Waals surface area (Å²) < 4.78 is 14.4. The molecule has 0 spiro atoms. The molecular weight excluding hydrogens is 148 g/mol. The average Bonchev–Trinajstić information content (AvgIpc) is 2.05. The van der Waals surface area contributed by atoms with Crippen molar-refractivity contribution in [1.82, 2.24) is 0 Å². The second-order valence-corrected chi connectivity index (χ2v) is 1.86. The van der Waals surface area contributed by atoms with Crippen LogP contribution in [0.2, 0.25) is 0 Å². The van der Waals surface area contributed by atoms with E-state index in [1.807, 2.05) is 0 Å². The highest BCUT2D eigenvalue weighted by molar-refractivity contribution is 4.51. The van der Waals surface area contributed by atoms with Crippen LogP contribution in [0.3, 0.4) is 0 Å². The lowest BCUT2D eigenvalue weighted by Gasteiger charge is -2.11. The van der Waals surface area contributed by atoms with Crippen LogP contribution >= 0.6 is 0 Å². The van der Waals surface area contributed by atoms with Crippen LogP contribution in [0.15, 0.2) is 12.8 Å². The van der Waals surface area contributed by atoms with Crippen LogP contribution in [0.25, 0.3) is 0 Å². The summed E-state index contributed by atoms with van der Waals surface area (Å²) in [7, 11) is 1.51. The Kier molecular flexibility index (Phi) is 7.13. The Hall–Kier alpha value is -0.580. The van der Waals surface area contributed by atoms with Crippen molar-refractivity contribution >= 4 is 0 Å². The summed E-state index contributed by atoms with van der Waals surface area (Å²) in [5.41, 5.74) is 0. The molecule has 0 aromatic heterocycles. The molecule has 66 valence electrons. The number of hydrogen-bond acceptors (Lipinski definition) is 4. The normalized spacial score (nSPS) is 12.5. The fourth-order valence-electron chi connectivity index (χ4n) is 0.471. The molecule has 1 atom stereocenters. The van der Waals surface area contributed by atoms with E-state index in [0.29, 0.717) is 6.61 Å². The zero-order chi connectivity index (χ0) is 8.53. The van der Waals surface area contributed by atoms with Crippen molar-refractivity contribution in [1.29, 1.82) is 0 Å². The Bertz CT molecular complexity index is 90.4. The highest BCUT2D eigenvalue weighted by atomic mass is 16.7. The summed E-state index contributed by atoms with van der Waals surface area (Å²) in [6.45, 7) is 3.75. The molecule has 4 heteroatoms. The van der Waals surface area contributed by atoms with E-state index in [1.165, 1.54) is 13.4 Å².